The van der Waals surface area contributed by atoms with Gasteiger partial charge in [0.1, 0.15) is 5.60 Å². The normalized spacial score (nSPS) is 22.8. The first-order valence-corrected chi connectivity index (χ1v) is 5.72. The lowest BCUT2D eigenvalue weighted by molar-refractivity contribution is 0.0234. The molecule has 0 unspecified atom stereocenters. The van der Waals surface area contributed by atoms with Crippen LogP contribution in [0.3, 0.4) is 0 Å². The van der Waals surface area contributed by atoms with E-state index in [1.54, 1.807) is 4.90 Å². The Bertz CT molecular complexity index is 238. The number of hydrogen-bond acceptors (Lipinski definition) is 4. The van der Waals surface area contributed by atoms with E-state index in [9.17, 15) is 4.79 Å². The molecule has 16 heavy (non-hydrogen) atoms. The lowest BCUT2D eigenvalue weighted by Crippen LogP contribution is -2.38. The van der Waals surface area contributed by atoms with Crippen LogP contribution in [-0.2, 0) is 9.47 Å². The van der Waals surface area contributed by atoms with Gasteiger partial charge in [-0.15, -0.1) is 0 Å². The Labute approximate surface area is 96.9 Å². The van der Waals surface area contributed by atoms with Gasteiger partial charge in [-0.1, -0.05) is 0 Å². The second-order valence-corrected chi connectivity index (χ2v) is 4.98. The second-order valence-electron chi connectivity index (χ2n) is 4.98. The number of nitrogens with two attached hydrogens (primary N) is 1. The molecule has 1 fully saturated rings. The fourth-order valence-corrected chi connectivity index (χ4v) is 1.52. The van der Waals surface area contributed by atoms with Crippen molar-refractivity contribution in [3.05, 3.63) is 0 Å². The van der Waals surface area contributed by atoms with Crippen molar-refractivity contribution >= 4 is 6.09 Å². The first kappa shape index (κ1) is 13.3. The molecule has 0 aromatic rings. The lowest BCUT2D eigenvalue weighted by atomic mass is 10.2. The van der Waals surface area contributed by atoms with E-state index in [4.69, 9.17) is 15.2 Å². The molecule has 1 amide bonds. The highest BCUT2D eigenvalue weighted by molar-refractivity contribution is 5.68. The van der Waals surface area contributed by atoms with Crippen LogP contribution in [-0.4, -0.2) is 48.9 Å². The van der Waals surface area contributed by atoms with Gasteiger partial charge in [0, 0.05) is 19.6 Å². The molecule has 1 saturated heterocycles. The Hall–Kier alpha value is -0.810. The van der Waals surface area contributed by atoms with E-state index in [1.165, 1.54) is 0 Å². The minimum Gasteiger partial charge on any atom is -0.444 e. The van der Waals surface area contributed by atoms with Crippen molar-refractivity contribution in [2.75, 3.05) is 26.2 Å². The van der Waals surface area contributed by atoms with Crippen LogP contribution in [0.15, 0.2) is 0 Å². The first-order chi connectivity index (χ1) is 7.42. The number of rotatable bonds is 1. The summed E-state index contributed by atoms with van der Waals surface area (Å²) in [5.41, 5.74) is 5.09. The zero-order chi connectivity index (χ0) is 12.2. The number of carbonyl (C=O) groups is 1. The summed E-state index contributed by atoms with van der Waals surface area (Å²) in [5, 5.41) is 0. The van der Waals surface area contributed by atoms with Gasteiger partial charge in [-0.2, -0.15) is 0 Å². The van der Waals surface area contributed by atoms with Gasteiger partial charge in [0.15, 0.2) is 0 Å². The van der Waals surface area contributed by atoms with Crippen LogP contribution in [0, 0.1) is 0 Å². The molecule has 1 aliphatic rings. The van der Waals surface area contributed by atoms with Crippen molar-refractivity contribution in [1.29, 1.82) is 0 Å². The zero-order valence-corrected chi connectivity index (χ0v) is 10.4. The van der Waals surface area contributed by atoms with Crippen molar-refractivity contribution in [2.45, 2.75) is 38.9 Å². The summed E-state index contributed by atoms with van der Waals surface area (Å²) in [5.74, 6) is 0. The van der Waals surface area contributed by atoms with Crippen LogP contribution >= 0.6 is 0 Å². The summed E-state index contributed by atoms with van der Waals surface area (Å²) >= 11 is 0. The molecule has 0 spiro atoms. The summed E-state index contributed by atoms with van der Waals surface area (Å²) in [7, 11) is 0. The van der Waals surface area contributed by atoms with Gasteiger partial charge in [0.05, 0.1) is 12.7 Å². The number of nitrogens with zero attached hydrogens (tertiary/aromatic N) is 1. The highest BCUT2D eigenvalue weighted by atomic mass is 16.6. The third kappa shape index (κ3) is 4.37. The standard InChI is InChI=1S/C11H22N2O3/c1-11(2,3)16-10(14)13-5-4-9(8-12)15-7-6-13/h9H,4-8,12H2,1-3H3/t9-/m1/s1. The molecule has 1 heterocycles. The quantitative estimate of drug-likeness (QED) is 0.729. The molecular weight excluding hydrogens is 208 g/mol. The largest absolute Gasteiger partial charge is 0.444 e. The van der Waals surface area contributed by atoms with Crippen molar-refractivity contribution in [3.63, 3.8) is 0 Å². The van der Waals surface area contributed by atoms with Crippen LogP contribution in [0.1, 0.15) is 27.2 Å². The van der Waals surface area contributed by atoms with Crippen LogP contribution in [0.25, 0.3) is 0 Å². The summed E-state index contributed by atoms with van der Waals surface area (Å²) in [6, 6.07) is 0. The maximum Gasteiger partial charge on any atom is 0.410 e. The predicted octanol–water partition coefficient (Wildman–Crippen LogP) is 0.971. The van der Waals surface area contributed by atoms with E-state index in [1.807, 2.05) is 20.8 Å². The minimum atomic E-state index is -0.447. The van der Waals surface area contributed by atoms with Crippen LogP contribution in [0.5, 0.6) is 0 Å². The summed E-state index contributed by atoms with van der Waals surface area (Å²) < 4.78 is 10.8. The van der Waals surface area contributed by atoms with Gasteiger partial charge in [-0.25, -0.2) is 4.79 Å². The maximum absolute atomic E-state index is 11.8. The van der Waals surface area contributed by atoms with Crippen molar-refractivity contribution in [2.24, 2.45) is 5.73 Å². The number of hydrogen-bond donors (Lipinski definition) is 1. The highest BCUT2D eigenvalue weighted by Crippen LogP contribution is 2.12. The van der Waals surface area contributed by atoms with Crippen molar-refractivity contribution in [1.82, 2.24) is 4.90 Å². The molecule has 1 rings (SSSR count). The number of amides is 1. The molecule has 5 nitrogen and oxygen atoms in total. The lowest BCUT2D eigenvalue weighted by Gasteiger charge is -2.26. The first-order valence-electron chi connectivity index (χ1n) is 5.72. The number of ether oxygens (including phenoxy) is 2. The van der Waals surface area contributed by atoms with E-state index in [2.05, 4.69) is 0 Å². The van der Waals surface area contributed by atoms with E-state index < -0.39 is 5.60 Å². The Kier molecular flexibility index (Phi) is 4.56. The predicted molar refractivity (Wildman–Crippen MR) is 61.2 cm³/mol. The smallest absolute Gasteiger partial charge is 0.410 e. The third-order valence-electron chi connectivity index (χ3n) is 2.35. The average Bonchev–Trinajstić information content (AvgIpc) is 2.39. The fraction of sp³-hybridized carbons (Fsp3) is 0.909. The average molecular weight is 230 g/mol. The Balaban J connectivity index is 2.45. The molecule has 1 atom stereocenters. The second kappa shape index (κ2) is 5.50. The van der Waals surface area contributed by atoms with Gasteiger partial charge < -0.3 is 20.1 Å². The van der Waals surface area contributed by atoms with E-state index in [-0.39, 0.29) is 12.2 Å². The molecule has 0 aromatic carbocycles. The summed E-state index contributed by atoms with van der Waals surface area (Å²) in [4.78, 5) is 13.5. The van der Waals surface area contributed by atoms with E-state index in [0.29, 0.717) is 26.2 Å². The Morgan fingerprint density at radius 1 is 1.50 bits per heavy atom. The van der Waals surface area contributed by atoms with Gasteiger partial charge in [0.2, 0.25) is 0 Å². The van der Waals surface area contributed by atoms with Gasteiger partial charge in [0.25, 0.3) is 0 Å². The van der Waals surface area contributed by atoms with Gasteiger partial charge in [-0.3, -0.25) is 0 Å². The molecule has 5 heteroatoms. The molecule has 0 radical (unpaired) electrons. The maximum atomic E-state index is 11.8. The molecule has 0 aliphatic carbocycles. The topological polar surface area (TPSA) is 64.8 Å². The molecule has 94 valence electrons. The third-order valence-corrected chi connectivity index (χ3v) is 2.35. The van der Waals surface area contributed by atoms with Crippen LogP contribution in [0.4, 0.5) is 4.79 Å². The molecule has 0 aromatic heterocycles. The summed E-state index contributed by atoms with van der Waals surface area (Å²) in [6.45, 7) is 7.84. The monoisotopic (exact) mass is 230 g/mol. The van der Waals surface area contributed by atoms with E-state index >= 15 is 0 Å². The van der Waals surface area contributed by atoms with Crippen LogP contribution < -0.4 is 5.73 Å². The molecule has 0 saturated carbocycles. The van der Waals surface area contributed by atoms with Crippen molar-refractivity contribution < 1.29 is 14.3 Å². The SMILES string of the molecule is CC(C)(C)OC(=O)N1CCO[C@@H](CN)CC1. The molecule has 0 bridgehead atoms. The van der Waals surface area contributed by atoms with E-state index in [0.717, 1.165) is 6.42 Å². The summed E-state index contributed by atoms with van der Waals surface area (Å²) in [6.07, 6.45) is 0.566. The van der Waals surface area contributed by atoms with Crippen LogP contribution in [0.2, 0.25) is 0 Å². The molecule has 1 aliphatic heterocycles. The highest BCUT2D eigenvalue weighted by Gasteiger charge is 2.24. The zero-order valence-electron chi connectivity index (χ0n) is 10.4. The minimum absolute atomic E-state index is 0.0624. The Morgan fingerprint density at radius 3 is 2.75 bits per heavy atom. The number of carbonyl (C=O) groups excluding carboxylic acids is 1. The van der Waals surface area contributed by atoms with Crippen molar-refractivity contribution in [3.8, 4) is 0 Å². The molecular formula is C11H22N2O3. The van der Waals surface area contributed by atoms with Gasteiger partial charge in [-0.05, 0) is 27.2 Å². The molecule has 2 N–H and O–H groups in total. The van der Waals surface area contributed by atoms with Gasteiger partial charge >= 0.3 is 6.09 Å². The Morgan fingerprint density at radius 2 is 2.19 bits per heavy atom. The fourth-order valence-electron chi connectivity index (χ4n) is 1.52.